The van der Waals surface area contributed by atoms with E-state index in [4.69, 9.17) is 24.7 Å². The molecule has 1 unspecified atom stereocenters. The van der Waals surface area contributed by atoms with E-state index in [1.165, 1.54) is 0 Å². The van der Waals surface area contributed by atoms with Gasteiger partial charge in [0.25, 0.3) is 0 Å². The van der Waals surface area contributed by atoms with Crippen molar-refractivity contribution in [3.8, 4) is 23.0 Å². The fraction of sp³-hybridized carbons (Fsp3) is 0.350. The van der Waals surface area contributed by atoms with Gasteiger partial charge in [0.05, 0.1) is 34.4 Å². The van der Waals surface area contributed by atoms with Gasteiger partial charge in [0, 0.05) is 6.07 Å². The molecule has 0 saturated carbocycles. The van der Waals surface area contributed by atoms with Crippen molar-refractivity contribution >= 4 is 5.96 Å². The van der Waals surface area contributed by atoms with Crippen LogP contribution < -0.4 is 30.0 Å². The average molecular weight is 373 g/mol. The summed E-state index contributed by atoms with van der Waals surface area (Å²) in [5, 5.41) is 3.07. The van der Waals surface area contributed by atoms with Crippen LogP contribution >= 0.6 is 0 Å². The molecule has 0 aliphatic rings. The zero-order valence-corrected chi connectivity index (χ0v) is 16.2. The first-order chi connectivity index (χ1) is 13.0. The van der Waals surface area contributed by atoms with Crippen LogP contribution in [0.25, 0.3) is 0 Å². The molecule has 0 fully saturated rings. The van der Waals surface area contributed by atoms with Gasteiger partial charge in [-0.1, -0.05) is 12.1 Å². The second kappa shape index (κ2) is 10.2. The monoisotopic (exact) mass is 373 g/mol. The number of benzene rings is 2. The Morgan fingerprint density at radius 3 is 2.44 bits per heavy atom. The molecule has 0 amide bonds. The normalized spacial score (nSPS) is 12.2. The number of nitrogens with zero attached hydrogens (tertiary/aromatic N) is 1. The molecule has 0 heterocycles. The largest absolute Gasteiger partial charge is 0.497 e. The minimum absolute atomic E-state index is 0.0908. The van der Waals surface area contributed by atoms with Crippen molar-refractivity contribution in [2.45, 2.75) is 19.6 Å². The van der Waals surface area contributed by atoms with E-state index < -0.39 is 0 Å². The van der Waals surface area contributed by atoms with Crippen LogP contribution in [0, 0.1) is 0 Å². The number of methoxy groups -OCH3 is 3. The smallest absolute Gasteiger partial charge is 0.189 e. The summed E-state index contributed by atoms with van der Waals surface area (Å²) in [4.78, 5) is 4.34. The number of nitrogens with one attached hydrogen (secondary N) is 1. The maximum atomic E-state index is 5.94. The number of hydrogen-bond donors (Lipinski definition) is 2. The molecule has 0 aromatic heterocycles. The quantitative estimate of drug-likeness (QED) is 0.519. The molecule has 146 valence electrons. The predicted octanol–water partition coefficient (Wildman–Crippen LogP) is 2.58. The van der Waals surface area contributed by atoms with Crippen molar-refractivity contribution in [3.05, 3.63) is 48.0 Å². The van der Waals surface area contributed by atoms with E-state index in [0.29, 0.717) is 30.5 Å². The van der Waals surface area contributed by atoms with Gasteiger partial charge < -0.3 is 30.0 Å². The van der Waals surface area contributed by atoms with E-state index >= 15 is 0 Å². The van der Waals surface area contributed by atoms with E-state index in [2.05, 4.69) is 10.3 Å². The van der Waals surface area contributed by atoms with Crippen LogP contribution in [0.4, 0.5) is 0 Å². The molecule has 0 radical (unpaired) electrons. The summed E-state index contributed by atoms with van der Waals surface area (Å²) in [6.07, 6.45) is -0.0908. The number of nitrogens with two attached hydrogens (primary N) is 1. The molecule has 2 aromatic carbocycles. The lowest BCUT2D eigenvalue weighted by atomic mass is 10.2. The predicted molar refractivity (Wildman–Crippen MR) is 106 cm³/mol. The molecule has 2 aromatic rings. The second-order valence-corrected chi connectivity index (χ2v) is 5.88. The molecule has 3 N–H and O–H groups in total. The highest BCUT2D eigenvalue weighted by Crippen LogP contribution is 2.27. The topological polar surface area (TPSA) is 87.3 Å². The summed E-state index contributed by atoms with van der Waals surface area (Å²) < 4.78 is 21.5. The van der Waals surface area contributed by atoms with Gasteiger partial charge in [0.1, 0.15) is 17.6 Å². The molecule has 0 aliphatic carbocycles. The van der Waals surface area contributed by atoms with Crippen molar-refractivity contribution in [1.29, 1.82) is 0 Å². The van der Waals surface area contributed by atoms with Gasteiger partial charge in [-0.2, -0.15) is 0 Å². The molecule has 0 spiro atoms. The van der Waals surface area contributed by atoms with Crippen LogP contribution in [0.1, 0.15) is 12.5 Å². The number of aliphatic imine (C=N–C) groups is 1. The molecule has 7 nitrogen and oxygen atoms in total. The third kappa shape index (κ3) is 6.29. The number of ether oxygens (including phenoxy) is 4. The molecule has 1 atom stereocenters. The summed E-state index contributed by atoms with van der Waals surface area (Å²) in [7, 11) is 4.83. The molecule has 0 aliphatic heterocycles. The van der Waals surface area contributed by atoms with Crippen molar-refractivity contribution in [1.82, 2.24) is 5.32 Å². The first kappa shape index (κ1) is 20.2. The highest BCUT2D eigenvalue weighted by molar-refractivity contribution is 5.77. The van der Waals surface area contributed by atoms with Crippen LogP contribution in [0.5, 0.6) is 23.0 Å². The minimum atomic E-state index is -0.0908. The Balaban J connectivity index is 1.84. The van der Waals surface area contributed by atoms with Gasteiger partial charge in [0.15, 0.2) is 17.5 Å². The van der Waals surface area contributed by atoms with Crippen molar-refractivity contribution in [3.63, 3.8) is 0 Å². The standard InChI is InChI=1S/C20H27N3O4/c1-14(27-17-7-5-6-16(11-17)24-2)12-22-20(21)23-13-15-8-9-18(25-3)19(10-15)26-4/h5-11,14H,12-13H2,1-4H3,(H3,21,22,23). The van der Waals surface area contributed by atoms with Gasteiger partial charge in [-0.25, -0.2) is 4.99 Å². The molecule has 27 heavy (non-hydrogen) atoms. The second-order valence-electron chi connectivity index (χ2n) is 5.88. The van der Waals surface area contributed by atoms with Gasteiger partial charge in [-0.3, -0.25) is 0 Å². The zero-order valence-electron chi connectivity index (χ0n) is 16.2. The maximum absolute atomic E-state index is 5.94. The van der Waals surface area contributed by atoms with Crippen molar-refractivity contribution in [2.75, 3.05) is 27.9 Å². The SMILES string of the molecule is COc1cccc(OC(C)CNC(N)=NCc2ccc(OC)c(OC)c2)c1. The van der Waals surface area contributed by atoms with Crippen LogP contribution in [-0.2, 0) is 6.54 Å². The van der Waals surface area contributed by atoms with Gasteiger partial charge in [0.2, 0.25) is 0 Å². The Bertz CT molecular complexity index is 765. The molecular formula is C20H27N3O4. The van der Waals surface area contributed by atoms with Crippen molar-refractivity contribution < 1.29 is 18.9 Å². The van der Waals surface area contributed by atoms with Crippen LogP contribution in [0.2, 0.25) is 0 Å². The first-order valence-electron chi connectivity index (χ1n) is 8.61. The van der Waals surface area contributed by atoms with Crippen molar-refractivity contribution in [2.24, 2.45) is 10.7 Å². The number of guanidine groups is 1. The lowest BCUT2D eigenvalue weighted by Gasteiger charge is -2.16. The van der Waals surface area contributed by atoms with Crippen LogP contribution in [0.15, 0.2) is 47.5 Å². The highest BCUT2D eigenvalue weighted by Gasteiger charge is 2.07. The van der Waals surface area contributed by atoms with Crippen LogP contribution in [-0.4, -0.2) is 39.9 Å². The fourth-order valence-electron chi connectivity index (χ4n) is 2.41. The number of hydrogen-bond acceptors (Lipinski definition) is 5. The Kier molecular flexibility index (Phi) is 7.61. The summed E-state index contributed by atoms with van der Waals surface area (Å²) in [5.41, 5.74) is 6.91. The van der Waals surface area contributed by atoms with Gasteiger partial charge in [-0.15, -0.1) is 0 Å². The Hall–Kier alpha value is -3.09. The summed E-state index contributed by atoms with van der Waals surface area (Å²) in [6, 6.07) is 13.1. The van der Waals surface area contributed by atoms with Gasteiger partial charge in [-0.05, 0) is 36.8 Å². The molecule has 2 rings (SSSR count). The summed E-state index contributed by atoms with van der Waals surface area (Å²) in [6.45, 7) is 2.91. The molecule has 0 bridgehead atoms. The van der Waals surface area contributed by atoms with Crippen LogP contribution in [0.3, 0.4) is 0 Å². The zero-order chi connectivity index (χ0) is 19.6. The third-order valence-electron chi connectivity index (χ3n) is 3.83. The molecule has 0 saturated heterocycles. The maximum Gasteiger partial charge on any atom is 0.189 e. The molecular weight excluding hydrogens is 346 g/mol. The van der Waals surface area contributed by atoms with E-state index in [9.17, 15) is 0 Å². The fourth-order valence-corrected chi connectivity index (χ4v) is 2.41. The number of rotatable bonds is 9. The summed E-state index contributed by atoms with van der Waals surface area (Å²) in [5.74, 6) is 3.19. The van der Waals surface area contributed by atoms with E-state index in [-0.39, 0.29) is 6.10 Å². The minimum Gasteiger partial charge on any atom is -0.497 e. The highest BCUT2D eigenvalue weighted by atomic mass is 16.5. The molecule has 7 heteroatoms. The Morgan fingerprint density at radius 2 is 1.74 bits per heavy atom. The lowest BCUT2D eigenvalue weighted by molar-refractivity contribution is 0.223. The van der Waals surface area contributed by atoms with E-state index in [0.717, 1.165) is 17.1 Å². The Labute approximate surface area is 160 Å². The third-order valence-corrected chi connectivity index (χ3v) is 3.83. The van der Waals surface area contributed by atoms with E-state index in [1.807, 2.05) is 49.4 Å². The van der Waals surface area contributed by atoms with E-state index in [1.54, 1.807) is 21.3 Å². The van der Waals surface area contributed by atoms with Gasteiger partial charge >= 0.3 is 0 Å². The average Bonchev–Trinajstić information content (AvgIpc) is 2.70. The lowest BCUT2D eigenvalue weighted by Crippen LogP contribution is -2.38. The first-order valence-corrected chi connectivity index (χ1v) is 8.61. The Morgan fingerprint density at radius 1 is 1.00 bits per heavy atom. The summed E-state index contributed by atoms with van der Waals surface area (Å²) >= 11 is 0.